The van der Waals surface area contributed by atoms with Crippen LogP contribution in [0.25, 0.3) is 10.8 Å². The molecule has 4 rings (SSSR count). The van der Waals surface area contributed by atoms with Gasteiger partial charge in [-0.05, 0) is 46.7 Å². The van der Waals surface area contributed by atoms with Crippen molar-refractivity contribution in [2.45, 2.75) is 6.54 Å². The Kier molecular flexibility index (Phi) is 7.16. The monoisotopic (exact) mass is 470 g/mol. The molecular weight excluding hydrogens is 444 g/mol. The molecule has 2 N–H and O–H groups in total. The molecule has 7 heteroatoms. The number of rotatable bonds is 8. The van der Waals surface area contributed by atoms with Gasteiger partial charge in [-0.25, -0.2) is 0 Å². The van der Waals surface area contributed by atoms with E-state index in [0.717, 1.165) is 16.3 Å². The van der Waals surface area contributed by atoms with E-state index in [1.54, 1.807) is 36.4 Å². The lowest BCUT2D eigenvalue weighted by Crippen LogP contribution is -2.23. The molecule has 0 aliphatic heterocycles. The highest BCUT2D eigenvalue weighted by atomic mass is 16.5. The molecule has 178 valence electrons. The van der Waals surface area contributed by atoms with Crippen molar-refractivity contribution in [3.05, 3.63) is 95.6 Å². The predicted octanol–water partition coefficient (Wildman–Crippen LogP) is 5.05. The number of benzene rings is 4. The largest absolute Gasteiger partial charge is 0.493 e. The van der Waals surface area contributed by atoms with Crippen LogP contribution in [0.4, 0.5) is 5.69 Å². The third-order valence-electron chi connectivity index (χ3n) is 5.63. The molecule has 0 spiro atoms. The van der Waals surface area contributed by atoms with E-state index in [1.807, 2.05) is 42.5 Å². The van der Waals surface area contributed by atoms with Crippen molar-refractivity contribution in [2.75, 3.05) is 26.6 Å². The molecular formula is C28H26N2O5. The molecule has 7 nitrogen and oxygen atoms in total. The average Bonchev–Trinajstić information content (AvgIpc) is 2.90. The Morgan fingerprint density at radius 2 is 1.40 bits per heavy atom. The first kappa shape index (κ1) is 23.6. The molecule has 0 fully saturated rings. The molecule has 35 heavy (non-hydrogen) atoms. The van der Waals surface area contributed by atoms with Crippen LogP contribution < -0.4 is 24.8 Å². The number of hydrogen-bond acceptors (Lipinski definition) is 5. The van der Waals surface area contributed by atoms with E-state index in [4.69, 9.17) is 14.2 Å². The zero-order valence-electron chi connectivity index (χ0n) is 19.8. The number of carbonyl (C=O) groups is 2. The van der Waals surface area contributed by atoms with E-state index in [2.05, 4.69) is 10.6 Å². The third kappa shape index (κ3) is 5.19. The van der Waals surface area contributed by atoms with Crippen LogP contribution in [-0.4, -0.2) is 33.1 Å². The summed E-state index contributed by atoms with van der Waals surface area (Å²) in [4.78, 5) is 25.7. The molecule has 4 aromatic carbocycles. The number of fused-ring (bicyclic) bond motifs is 1. The van der Waals surface area contributed by atoms with E-state index in [9.17, 15) is 9.59 Å². The Morgan fingerprint density at radius 1 is 0.714 bits per heavy atom. The number of carbonyl (C=O) groups excluding carboxylic acids is 2. The molecule has 0 heterocycles. The first-order chi connectivity index (χ1) is 17.0. The van der Waals surface area contributed by atoms with Gasteiger partial charge in [-0.1, -0.05) is 48.5 Å². The van der Waals surface area contributed by atoms with Crippen LogP contribution in [-0.2, 0) is 6.54 Å². The fourth-order valence-corrected chi connectivity index (χ4v) is 3.88. The summed E-state index contributed by atoms with van der Waals surface area (Å²) in [5.41, 5.74) is 2.28. The summed E-state index contributed by atoms with van der Waals surface area (Å²) in [5, 5.41) is 8.00. The predicted molar refractivity (Wildman–Crippen MR) is 136 cm³/mol. The van der Waals surface area contributed by atoms with E-state index >= 15 is 0 Å². The van der Waals surface area contributed by atoms with Crippen molar-refractivity contribution in [3.63, 3.8) is 0 Å². The first-order valence-corrected chi connectivity index (χ1v) is 11.0. The van der Waals surface area contributed by atoms with Crippen molar-refractivity contribution < 1.29 is 23.8 Å². The molecule has 0 saturated carbocycles. The van der Waals surface area contributed by atoms with E-state index < -0.39 is 0 Å². The molecule has 0 saturated heterocycles. The highest BCUT2D eigenvalue weighted by molar-refractivity contribution is 6.06. The van der Waals surface area contributed by atoms with Crippen molar-refractivity contribution >= 4 is 28.3 Å². The van der Waals surface area contributed by atoms with Crippen LogP contribution in [0.15, 0.2) is 78.9 Å². The van der Waals surface area contributed by atoms with Gasteiger partial charge in [-0.2, -0.15) is 0 Å². The second kappa shape index (κ2) is 10.6. The van der Waals surface area contributed by atoms with Gasteiger partial charge in [0.1, 0.15) is 0 Å². The van der Waals surface area contributed by atoms with Gasteiger partial charge in [-0.15, -0.1) is 0 Å². The Hall–Kier alpha value is -4.52. The highest BCUT2D eigenvalue weighted by Crippen LogP contribution is 2.38. The number of amides is 2. The molecule has 0 aromatic heterocycles. The Labute approximate surface area is 203 Å². The second-order valence-corrected chi connectivity index (χ2v) is 7.77. The molecule has 0 atom stereocenters. The van der Waals surface area contributed by atoms with Crippen LogP contribution in [0.5, 0.6) is 17.2 Å². The van der Waals surface area contributed by atoms with Crippen molar-refractivity contribution in [2.24, 2.45) is 0 Å². The van der Waals surface area contributed by atoms with Gasteiger partial charge >= 0.3 is 0 Å². The lowest BCUT2D eigenvalue weighted by Gasteiger charge is -2.14. The maximum Gasteiger partial charge on any atom is 0.255 e. The summed E-state index contributed by atoms with van der Waals surface area (Å²) in [6, 6.07) is 24.0. The zero-order chi connectivity index (χ0) is 24.8. The minimum Gasteiger partial charge on any atom is -0.493 e. The van der Waals surface area contributed by atoms with E-state index in [-0.39, 0.29) is 11.8 Å². The standard InChI is InChI=1S/C28H26N2O5/c1-33-24-15-21(16-25(34-2)26(24)35-3)28(32)30-22-12-7-10-19(14-22)27(31)29-17-20-11-6-9-18-8-4-5-13-23(18)20/h4-16H,17H2,1-3H3,(H,29,31)(H,30,32). The normalized spacial score (nSPS) is 10.5. The van der Waals surface area contributed by atoms with Gasteiger partial charge < -0.3 is 24.8 Å². The number of ether oxygens (including phenoxy) is 3. The Morgan fingerprint density at radius 3 is 2.11 bits per heavy atom. The Balaban J connectivity index is 1.48. The fourth-order valence-electron chi connectivity index (χ4n) is 3.88. The third-order valence-corrected chi connectivity index (χ3v) is 5.63. The molecule has 0 aliphatic rings. The molecule has 2 amide bonds. The lowest BCUT2D eigenvalue weighted by molar-refractivity contribution is 0.0949. The molecule has 0 aliphatic carbocycles. The molecule has 0 bridgehead atoms. The summed E-state index contributed by atoms with van der Waals surface area (Å²) in [5.74, 6) is 0.535. The minimum absolute atomic E-state index is 0.234. The van der Waals surface area contributed by atoms with Crippen molar-refractivity contribution in [1.29, 1.82) is 0 Å². The maximum absolute atomic E-state index is 12.9. The maximum atomic E-state index is 12.9. The quantitative estimate of drug-likeness (QED) is 0.377. The lowest BCUT2D eigenvalue weighted by atomic mass is 10.0. The topological polar surface area (TPSA) is 85.9 Å². The SMILES string of the molecule is COc1cc(C(=O)Nc2cccc(C(=O)NCc3cccc4ccccc34)c2)cc(OC)c1OC. The smallest absolute Gasteiger partial charge is 0.255 e. The van der Waals surface area contributed by atoms with Gasteiger partial charge in [0.2, 0.25) is 5.75 Å². The number of anilines is 1. The van der Waals surface area contributed by atoms with Gasteiger partial charge in [-0.3, -0.25) is 9.59 Å². The average molecular weight is 471 g/mol. The van der Waals surface area contributed by atoms with Crippen LogP contribution in [0.1, 0.15) is 26.3 Å². The Bertz CT molecular complexity index is 1350. The molecule has 4 aromatic rings. The zero-order valence-corrected chi connectivity index (χ0v) is 19.8. The fraction of sp³-hybridized carbons (Fsp3) is 0.143. The minimum atomic E-state index is -0.377. The molecule has 0 unspecified atom stereocenters. The summed E-state index contributed by atoms with van der Waals surface area (Å²) in [6.07, 6.45) is 0. The van der Waals surface area contributed by atoms with E-state index in [0.29, 0.717) is 40.6 Å². The molecule has 0 radical (unpaired) electrons. The van der Waals surface area contributed by atoms with Crippen LogP contribution in [0, 0.1) is 0 Å². The number of methoxy groups -OCH3 is 3. The van der Waals surface area contributed by atoms with Crippen molar-refractivity contribution in [3.8, 4) is 17.2 Å². The second-order valence-electron chi connectivity index (χ2n) is 7.77. The van der Waals surface area contributed by atoms with Crippen LogP contribution >= 0.6 is 0 Å². The summed E-state index contributed by atoms with van der Waals surface area (Å²) in [7, 11) is 4.47. The van der Waals surface area contributed by atoms with Gasteiger partial charge in [0.05, 0.1) is 21.3 Å². The van der Waals surface area contributed by atoms with Crippen LogP contribution in [0.2, 0.25) is 0 Å². The number of nitrogens with one attached hydrogen (secondary N) is 2. The van der Waals surface area contributed by atoms with Gasteiger partial charge in [0.25, 0.3) is 11.8 Å². The number of hydrogen-bond donors (Lipinski definition) is 2. The van der Waals surface area contributed by atoms with Crippen LogP contribution in [0.3, 0.4) is 0 Å². The summed E-state index contributed by atoms with van der Waals surface area (Å²) >= 11 is 0. The van der Waals surface area contributed by atoms with Gasteiger partial charge in [0, 0.05) is 23.4 Å². The highest BCUT2D eigenvalue weighted by Gasteiger charge is 2.17. The summed E-state index contributed by atoms with van der Waals surface area (Å²) in [6.45, 7) is 0.391. The first-order valence-electron chi connectivity index (χ1n) is 11.0. The van der Waals surface area contributed by atoms with Gasteiger partial charge in [0.15, 0.2) is 11.5 Å². The van der Waals surface area contributed by atoms with Crippen molar-refractivity contribution in [1.82, 2.24) is 5.32 Å². The summed E-state index contributed by atoms with van der Waals surface area (Å²) < 4.78 is 16.0. The van der Waals surface area contributed by atoms with E-state index in [1.165, 1.54) is 21.3 Å².